The van der Waals surface area contributed by atoms with E-state index >= 15 is 0 Å². The third-order valence-corrected chi connectivity index (χ3v) is 7.15. The third-order valence-electron chi connectivity index (χ3n) is 4.31. The summed E-state index contributed by atoms with van der Waals surface area (Å²) in [5.74, 6) is 0.287. The molecule has 0 saturated heterocycles. The molecule has 4 nitrogen and oxygen atoms in total. The monoisotopic (exact) mass is 346 g/mol. The van der Waals surface area contributed by atoms with Gasteiger partial charge in [0.1, 0.15) is 5.75 Å². The van der Waals surface area contributed by atoms with Crippen LogP contribution in [0.25, 0.3) is 11.1 Å². The normalized spacial score (nSPS) is 11.7. The number of aromatic hydroxyl groups is 1. The molecule has 0 amide bonds. The average Bonchev–Trinajstić information content (AvgIpc) is 2.60. The zero-order valence-electron chi connectivity index (χ0n) is 14.8. The van der Waals surface area contributed by atoms with Crippen LogP contribution in [0.2, 0.25) is 6.04 Å². The Bertz CT molecular complexity index is 643. The quantitative estimate of drug-likeness (QED) is 0.729. The Morgan fingerprint density at radius 1 is 0.917 bits per heavy atom. The van der Waals surface area contributed by atoms with Crippen molar-refractivity contribution in [3.63, 3.8) is 0 Å². The minimum absolute atomic E-state index is 0.287. The minimum atomic E-state index is -2.55. The summed E-state index contributed by atoms with van der Waals surface area (Å²) in [7, 11) is 2.34. The Labute approximate surface area is 145 Å². The molecule has 5 heteroatoms. The van der Waals surface area contributed by atoms with E-state index in [9.17, 15) is 5.11 Å². The second-order valence-corrected chi connectivity index (χ2v) is 8.95. The Hall–Kier alpha value is -1.66. The first-order valence-electron chi connectivity index (χ1n) is 8.08. The van der Waals surface area contributed by atoms with Crippen LogP contribution in [-0.2, 0) is 19.7 Å². The smallest absolute Gasteiger partial charge is 0.500 e. The van der Waals surface area contributed by atoms with Crippen molar-refractivity contribution < 1.29 is 18.4 Å². The number of benzene rings is 2. The molecule has 0 unspecified atom stereocenters. The summed E-state index contributed by atoms with van der Waals surface area (Å²) in [6.45, 7) is 2.08. The molecule has 0 heterocycles. The van der Waals surface area contributed by atoms with E-state index in [0.717, 1.165) is 35.6 Å². The lowest BCUT2D eigenvalue weighted by Crippen LogP contribution is -2.42. The van der Waals surface area contributed by atoms with E-state index < -0.39 is 8.80 Å². The number of rotatable bonds is 8. The second-order valence-electron chi connectivity index (χ2n) is 5.86. The predicted octanol–water partition coefficient (Wildman–Crippen LogP) is 4.18. The molecule has 2 aromatic carbocycles. The number of hydrogen-bond donors (Lipinski definition) is 1. The van der Waals surface area contributed by atoms with Crippen molar-refractivity contribution >= 4 is 8.80 Å². The van der Waals surface area contributed by atoms with Gasteiger partial charge in [-0.3, -0.25) is 0 Å². The van der Waals surface area contributed by atoms with E-state index in [4.69, 9.17) is 13.3 Å². The maximum Gasteiger partial charge on any atom is 0.500 e. The van der Waals surface area contributed by atoms with Gasteiger partial charge in [-0.1, -0.05) is 35.9 Å². The molecule has 0 saturated carbocycles. The second kappa shape index (κ2) is 8.44. The highest BCUT2D eigenvalue weighted by molar-refractivity contribution is 6.60. The van der Waals surface area contributed by atoms with Crippen molar-refractivity contribution in [1.82, 2.24) is 0 Å². The molecule has 2 aromatic rings. The van der Waals surface area contributed by atoms with Crippen molar-refractivity contribution in [2.75, 3.05) is 21.3 Å². The molecule has 2 rings (SSSR count). The molecule has 0 aromatic heterocycles. The van der Waals surface area contributed by atoms with Gasteiger partial charge >= 0.3 is 8.80 Å². The van der Waals surface area contributed by atoms with Crippen LogP contribution in [0.4, 0.5) is 0 Å². The molecule has 0 aliphatic heterocycles. The first-order valence-corrected chi connectivity index (χ1v) is 10.0. The van der Waals surface area contributed by atoms with Gasteiger partial charge < -0.3 is 18.4 Å². The maximum absolute atomic E-state index is 9.86. The molecule has 24 heavy (non-hydrogen) atoms. The van der Waals surface area contributed by atoms with E-state index in [1.165, 1.54) is 5.56 Å². The van der Waals surface area contributed by atoms with Gasteiger partial charge in [-0.05, 0) is 48.6 Å². The van der Waals surface area contributed by atoms with E-state index in [1.807, 2.05) is 12.1 Å². The van der Waals surface area contributed by atoms with E-state index in [1.54, 1.807) is 27.4 Å². The van der Waals surface area contributed by atoms with Gasteiger partial charge in [0.25, 0.3) is 0 Å². The van der Waals surface area contributed by atoms with Crippen LogP contribution in [0.3, 0.4) is 0 Å². The van der Waals surface area contributed by atoms with Crippen LogP contribution in [0.15, 0.2) is 42.5 Å². The van der Waals surface area contributed by atoms with Crippen LogP contribution >= 0.6 is 0 Å². The highest BCUT2D eigenvalue weighted by Gasteiger charge is 2.36. The first kappa shape index (κ1) is 18.7. The molecule has 0 bridgehead atoms. The average molecular weight is 346 g/mol. The number of hydrogen-bond acceptors (Lipinski definition) is 4. The van der Waals surface area contributed by atoms with Crippen LogP contribution in [-0.4, -0.2) is 35.2 Å². The molecule has 0 aliphatic rings. The summed E-state index contributed by atoms with van der Waals surface area (Å²) in [5.41, 5.74) is 4.65. The van der Waals surface area contributed by atoms with E-state index in [2.05, 4.69) is 31.2 Å². The molecule has 0 spiro atoms. The summed E-state index contributed by atoms with van der Waals surface area (Å²) >= 11 is 0. The summed E-state index contributed by atoms with van der Waals surface area (Å²) < 4.78 is 16.4. The van der Waals surface area contributed by atoms with Crippen molar-refractivity contribution in [2.24, 2.45) is 0 Å². The van der Waals surface area contributed by atoms with Crippen LogP contribution in [0.1, 0.15) is 17.5 Å². The van der Waals surface area contributed by atoms with E-state index in [-0.39, 0.29) is 5.75 Å². The van der Waals surface area contributed by atoms with Gasteiger partial charge in [0.05, 0.1) is 0 Å². The van der Waals surface area contributed by atoms with Crippen molar-refractivity contribution in [1.29, 1.82) is 0 Å². The Morgan fingerprint density at radius 3 is 2.12 bits per heavy atom. The van der Waals surface area contributed by atoms with Gasteiger partial charge in [-0.15, -0.1) is 0 Å². The lowest BCUT2D eigenvalue weighted by atomic mass is 9.96. The van der Waals surface area contributed by atoms with Crippen LogP contribution < -0.4 is 0 Å². The third kappa shape index (κ3) is 4.45. The summed E-state index contributed by atoms with van der Waals surface area (Å²) in [5, 5.41) is 9.86. The van der Waals surface area contributed by atoms with E-state index in [0.29, 0.717) is 0 Å². The lowest BCUT2D eigenvalue weighted by Gasteiger charge is -2.24. The van der Waals surface area contributed by atoms with Crippen molar-refractivity contribution in [3.05, 3.63) is 53.6 Å². The van der Waals surface area contributed by atoms with Gasteiger partial charge in [0.2, 0.25) is 0 Å². The zero-order valence-corrected chi connectivity index (χ0v) is 15.8. The van der Waals surface area contributed by atoms with Gasteiger partial charge in [0.15, 0.2) is 0 Å². The molecular weight excluding hydrogens is 320 g/mol. The summed E-state index contributed by atoms with van der Waals surface area (Å²) in [4.78, 5) is 0. The molecule has 0 radical (unpaired) electrons. The Balaban J connectivity index is 2.18. The Kier molecular flexibility index (Phi) is 6.57. The molecule has 130 valence electrons. The van der Waals surface area contributed by atoms with Crippen LogP contribution in [0.5, 0.6) is 5.75 Å². The largest absolute Gasteiger partial charge is 0.508 e. The highest BCUT2D eigenvalue weighted by atomic mass is 28.4. The number of phenolic OH excluding ortho intramolecular Hbond substituents is 1. The van der Waals surface area contributed by atoms with Crippen molar-refractivity contribution in [2.45, 2.75) is 25.8 Å². The first-order chi connectivity index (χ1) is 11.5. The van der Waals surface area contributed by atoms with Gasteiger partial charge in [-0.2, -0.15) is 0 Å². The zero-order chi connectivity index (χ0) is 17.6. The lowest BCUT2D eigenvalue weighted by molar-refractivity contribution is 0.123. The highest BCUT2D eigenvalue weighted by Crippen LogP contribution is 2.29. The summed E-state index contributed by atoms with van der Waals surface area (Å²) in [6, 6.07) is 14.7. The number of aryl methyl sites for hydroxylation is 2. The van der Waals surface area contributed by atoms with Crippen LogP contribution in [0, 0.1) is 6.92 Å². The predicted molar refractivity (Wildman–Crippen MR) is 98.2 cm³/mol. The summed E-state index contributed by atoms with van der Waals surface area (Å²) in [6.07, 6.45) is 1.69. The topological polar surface area (TPSA) is 47.9 Å². The SMILES string of the molecule is CO[Si](CCCc1cc(O)ccc1-c1ccc(C)cc1)(OC)OC. The van der Waals surface area contributed by atoms with Gasteiger partial charge in [0, 0.05) is 27.4 Å². The fraction of sp³-hybridized carbons (Fsp3) is 0.368. The number of phenols is 1. The fourth-order valence-corrected chi connectivity index (χ4v) is 4.58. The Morgan fingerprint density at radius 2 is 1.54 bits per heavy atom. The minimum Gasteiger partial charge on any atom is -0.508 e. The standard InChI is InChI=1S/C19H26O4Si/c1-15-7-9-16(10-8-15)19-12-11-18(20)14-17(19)6-5-13-24(21-2,22-3)23-4/h7-12,14,20H,5-6,13H2,1-4H3. The van der Waals surface area contributed by atoms with Crippen molar-refractivity contribution in [3.8, 4) is 16.9 Å². The maximum atomic E-state index is 9.86. The molecule has 0 aliphatic carbocycles. The fourth-order valence-electron chi connectivity index (χ4n) is 2.85. The molecular formula is C19H26O4Si. The molecule has 0 fully saturated rings. The molecule has 1 N–H and O–H groups in total. The molecule has 0 atom stereocenters. The van der Waals surface area contributed by atoms with Gasteiger partial charge in [-0.25, -0.2) is 0 Å².